The molecule has 0 saturated heterocycles. The summed E-state index contributed by atoms with van der Waals surface area (Å²) in [6, 6.07) is -0.849. The maximum absolute atomic E-state index is 11.5. The zero-order valence-corrected chi connectivity index (χ0v) is 9.83. The van der Waals surface area contributed by atoms with Crippen molar-refractivity contribution in [2.75, 3.05) is 0 Å². The minimum absolute atomic E-state index is 0.150. The Labute approximate surface area is 98.8 Å². The van der Waals surface area contributed by atoms with Crippen molar-refractivity contribution in [1.29, 1.82) is 0 Å². The second kappa shape index (κ2) is 5.97. The summed E-state index contributed by atoms with van der Waals surface area (Å²) in [7, 11) is 0. The highest BCUT2D eigenvalue weighted by Gasteiger charge is 2.22. The van der Waals surface area contributed by atoms with E-state index in [2.05, 4.69) is 15.6 Å². The average Bonchev–Trinajstić information content (AvgIpc) is 2.74. The third-order valence-corrected chi connectivity index (χ3v) is 2.29. The van der Waals surface area contributed by atoms with Crippen molar-refractivity contribution in [3.8, 4) is 0 Å². The van der Waals surface area contributed by atoms with E-state index in [4.69, 9.17) is 5.11 Å². The predicted molar refractivity (Wildman–Crippen MR) is 59.0 cm³/mol. The topological polar surface area (TPSA) is 97.1 Å². The Bertz CT molecular complexity index is 375. The molecule has 0 spiro atoms. The summed E-state index contributed by atoms with van der Waals surface area (Å²) in [6.45, 7) is 3.88. The molecule has 7 heteroatoms. The van der Waals surface area contributed by atoms with Crippen LogP contribution in [0.3, 0.4) is 0 Å². The van der Waals surface area contributed by atoms with Gasteiger partial charge < -0.3 is 10.4 Å². The molecule has 0 aliphatic heterocycles. The Balaban J connectivity index is 2.40. The molecule has 1 amide bonds. The molecule has 2 N–H and O–H groups in total. The van der Waals surface area contributed by atoms with Gasteiger partial charge in [-0.3, -0.25) is 9.48 Å². The second-order valence-corrected chi connectivity index (χ2v) is 4.04. The number of hydrogen-bond donors (Lipinski definition) is 2. The average molecular weight is 240 g/mol. The number of aryl methyl sites for hydroxylation is 1. The third-order valence-electron chi connectivity index (χ3n) is 2.29. The molecule has 0 aromatic carbocycles. The number of aliphatic carboxylic acids is 1. The van der Waals surface area contributed by atoms with Crippen LogP contribution in [0, 0.1) is 5.92 Å². The first-order valence-corrected chi connectivity index (χ1v) is 5.37. The lowest BCUT2D eigenvalue weighted by atomic mass is 10.0. The van der Waals surface area contributed by atoms with Gasteiger partial charge >= 0.3 is 5.97 Å². The van der Waals surface area contributed by atoms with Gasteiger partial charge in [-0.1, -0.05) is 19.1 Å². The summed E-state index contributed by atoms with van der Waals surface area (Å²) >= 11 is 0. The van der Waals surface area contributed by atoms with Crippen LogP contribution in [0.5, 0.6) is 0 Å². The van der Waals surface area contributed by atoms with E-state index >= 15 is 0 Å². The van der Waals surface area contributed by atoms with E-state index in [1.165, 1.54) is 10.9 Å². The number of rotatable bonds is 6. The van der Waals surface area contributed by atoms with Crippen molar-refractivity contribution in [3.05, 3.63) is 12.4 Å². The lowest BCUT2D eigenvalue weighted by Crippen LogP contribution is -2.44. The first kappa shape index (κ1) is 13.1. The summed E-state index contributed by atoms with van der Waals surface area (Å²) < 4.78 is 1.52. The Morgan fingerprint density at radius 1 is 1.47 bits per heavy atom. The second-order valence-electron chi connectivity index (χ2n) is 4.04. The van der Waals surface area contributed by atoms with E-state index < -0.39 is 12.0 Å². The minimum atomic E-state index is -1.02. The molecule has 1 rings (SSSR count). The molecular formula is C10H16N4O3. The van der Waals surface area contributed by atoms with E-state index in [0.29, 0.717) is 6.54 Å². The molecule has 1 heterocycles. The fourth-order valence-electron chi connectivity index (χ4n) is 1.33. The van der Waals surface area contributed by atoms with Crippen molar-refractivity contribution < 1.29 is 14.7 Å². The highest BCUT2D eigenvalue weighted by atomic mass is 16.4. The van der Waals surface area contributed by atoms with Crippen molar-refractivity contribution in [2.24, 2.45) is 5.92 Å². The van der Waals surface area contributed by atoms with Gasteiger partial charge in [0, 0.05) is 12.6 Å². The van der Waals surface area contributed by atoms with E-state index in [1.54, 1.807) is 20.0 Å². The van der Waals surface area contributed by atoms with Gasteiger partial charge in [0.05, 0.1) is 12.7 Å². The number of hydrogen-bond acceptors (Lipinski definition) is 4. The summed E-state index contributed by atoms with van der Waals surface area (Å²) in [5.74, 6) is -1.47. The number of nitrogens with zero attached hydrogens (tertiary/aromatic N) is 3. The number of carbonyl (C=O) groups is 2. The van der Waals surface area contributed by atoms with E-state index in [1.807, 2.05) is 0 Å². The van der Waals surface area contributed by atoms with Crippen LogP contribution >= 0.6 is 0 Å². The van der Waals surface area contributed by atoms with Crippen molar-refractivity contribution in [2.45, 2.75) is 32.9 Å². The summed E-state index contributed by atoms with van der Waals surface area (Å²) in [5, 5.41) is 18.7. The van der Waals surface area contributed by atoms with Crippen molar-refractivity contribution >= 4 is 11.9 Å². The standard InChI is InChI=1S/C10H16N4O3/c1-7(2)9(10(16)17)12-8(15)3-5-14-6-4-11-13-14/h4,6-7,9H,3,5H2,1-2H3,(H,12,15)(H,16,17)/t9-/m1/s1. The number of carboxylic acid groups (broad SMARTS) is 1. The Hall–Kier alpha value is -1.92. The molecule has 7 nitrogen and oxygen atoms in total. The van der Waals surface area contributed by atoms with Gasteiger partial charge in [-0.2, -0.15) is 0 Å². The van der Waals surface area contributed by atoms with E-state index in [9.17, 15) is 9.59 Å². The highest BCUT2D eigenvalue weighted by Crippen LogP contribution is 2.02. The van der Waals surface area contributed by atoms with Crippen LogP contribution in [0.2, 0.25) is 0 Å². The Morgan fingerprint density at radius 2 is 2.18 bits per heavy atom. The molecule has 0 aliphatic carbocycles. The Morgan fingerprint density at radius 3 is 2.65 bits per heavy atom. The molecule has 1 aromatic heterocycles. The quantitative estimate of drug-likeness (QED) is 0.723. The fourth-order valence-corrected chi connectivity index (χ4v) is 1.33. The van der Waals surface area contributed by atoms with Gasteiger partial charge in [0.15, 0.2) is 0 Å². The maximum atomic E-state index is 11.5. The summed E-state index contributed by atoms with van der Waals surface area (Å²) in [4.78, 5) is 22.4. The molecule has 0 aliphatic rings. The van der Waals surface area contributed by atoms with Crippen LogP contribution in [-0.4, -0.2) is 38.0 Å². The molecule has 94 valence electrons. The predicted octanol–water partition coefficient (Wildman–Crippen LogP) is -0.106. The van der Waals surface area contributed by atoms with Gasteiger partial charge in [-0.25, -0.2) is 4.79 Å². The van der Waals surface area contributed by atoms with Crippen LogP contribution in [0.4, 0.5) is 0 Å². The summed E-state index contributed by atoms with van der Waals surface area (Å²) in [6.07, 6.45) is 3.34. The zero-order chi connectivity index (χ0) is 12.8. The summed E-state index contributed by atoms with van der Waals surface area (Å²) in [5.41, 5.74) is 0. The molecule has 0 unspecified atom stereocenters. The van der Waals surface area contributed by atoms with Crippen LogP contribution in [0.1, 0.15) is 20.3 Å². The van der Waals surface area contributed by atoms with Gasteiger partial charge in [0.2, 0.25) is 5.91 Å². The first-order valence-electron chi connectivity index (χ1n) is 5.37. The zero-order valence-electron chi connectivity index (χ0n) is 9.83. The largest absolute Gasteiger partial charge is 0.480 e. The molecule has 0 saturated carbocycles. The monoisotopic (exact) mass is 240 g/mol. The number of nitrogens with one attached hydrogen (secondary N) is 1. The van der Waals surface area contributed by atoms with Crippen LogP contribution < -0.4 is 5.32 Å². The van der Waals surface area contributed by atoms with Crippen LogP contribution in [0.15, 0.2) is 12.4 Å². The normalized spacial score (nSPS) is 12.4. The van der Waals surface area contributed by atoms with Gasteiger partial charge in [-0.15, -0.1) is 5.10 Å². The van der Waals surface area contributed by atoms with Crippen molar-refractivity contribution in [3.63, 3.8) is 0 Å². The van der Waals surface area contributed by atoms with Gasteiger partial charge in [-0.05, 0) is 5.92 Å². The van der Waals surface area contributed by atoms with E-state index in [0.717, 1.165) is 0 Å². The Kier molecular flexibility index (Phi) is 4.62. The number of amides is 1. The maximum Gasteiger partial charge on any atom is 0.326 e. The first-order chi connectivity index (χ1) is 8.00. The molecule has 17 heavy (non-hydrogen) atoms. The lowest BCUT2D eigenvalue weighted by molar-refractivity contribution is -0.143. The van der Waals surface area contributed by atoms with E-state index in [-0.39, 0.29) is 18.2 Å². The van der Waals surface area contributed by atoms with Crippen LogP contribution in [0.25, 0.3) is 0 Å². The number of aromatic nitrogens is 3. The third kappa shape index (κ3) is 4.21. The number of carbonyl (C=O) groups excluding carboxylic acids is 1. The molecule has 0 bridgehead atoms. The smallest absolute Gasteiger partial charge is 0.326 e. The molecule has 0 radical (unpaired) electrons. The SMILES string of the molecule is CC(C)[C@@H](NC(=O)CCn1ccnn1)C(=O)O. The van der Waals surface area contributed by atoms with Crippen molar-refractivity contribution in [1.82, 2.24) is 20.3 Å². The molecule has 1 aromatic rings. The fraction of sp³-hybridized carbons (Fsp3) is 0.600. The molecule has 1 atom stereocenters. The van der Waals surface area contributed by atoms with Gasteiger partial charge in [0.1, 0.15) is 6.04 Å². The molecule has 0 fully saturated rings. The number of carboxylic acids is 1. The minimum Gasteiger partial charge on any atom is -0.480 e. The van der Waals surface area contributed by atoms with Gasteiger partial charge in [0.25, 0.3) is 0 Å². The lowest BCUT2D eigenvalue weighted by Gasteiger charge is -2.17. The van der Waals surface area contributed by atoms with Crippen LogP contribution in [-0.2, 0) is 16.1 Å². The highest BCUT2D eigenvalue weighted by molar-refractivity contribution is 5.83. The molecular weight excluding hydrogens is 224 g/mol.